The first-order chi connectivity index (χ1) is 12.1. The number of rotatable bonds is 3. The lowest BCUT2D eigenvalue weighted by molar-refractivity contribution is 0.0744. The Morgan fingerprint density at radius 3 is 2.76 bits per heavy atom. The molecule has 1 amide bonds. The molecular weight excluding hydrogens is 320 g/mol. The summed E-state index contributed by atoms with van der Waals surface area (Å²) in [5.41, 5.74) is 8.87. The van der Waals surface area contributed by atoms with Crippen LogP contribution in [-0.2, 0) is 6.54 Å². The van der Waals surface area contributed by atoms with Crippen molar-refractivity contribution >= 4 is 23.0 Å². The molecule has 0 aliphatic carbocycles. The summed E-state index contributed by atoms with van der Waals surface area (Å²) in [5, 5.41) is 0. The number of benzene rings is 1. The fraction of sp³-hybridized carbons (Fsp3) is 0.333. The maximum Gasteiger partial charge on any atom is 0.298 e. The molecule has 1 fully saturated rings. The van der Waals surface area contributed by atoms with E-state index in [9.17, 15) is 4.79 Å². The summed E-state index contributed by atoms with van der Waals surface area (Å²) in [5.74, 6) is 0.583. The van der Waals surface area contributed by atoms with Gasteiger partial charge in [0.1, 0.15) is 17.5 Å². The zero-order valence-electron chi connectivity index (χ0n) is 14.1. The van der Waals surface area contributed by atoms with E-state index in [-0.39, 0.29) is 12.5 Å². The number of furan rings is 1. The third kappa shape index (κ3) is 2.98. The number of carbonyl (C=O) groups is 1. The third-order valence-corrected chi connectivity index (χ3v) is 4.47. The van der Waals surface area contributed by atoms with Crippen LogP contribution < -0.4 is 10.6 Å². The first-order valence-electron chi connectivity index (χ1n) is 8.33. The van der Waals surface area contributed by atoms with Crippen LogP contribution in [0.25, 0.3) is 11.1 Å². The Kier molecular flexibility index (Phi) is 3.93. The van der Waals surface area contributed by atoms with Gasteiger partial charge in [0.15, 0.2) is 5.58 Å². The van der Waals surface area contributed by atoms with Crippen LogP contribution in [0.3, 0.4) is 0 Å². The summed E-state index contributed by atoms with van der Waals surface area (Å²) in [4.78, 5) is 21.0. The van der Waals surface area contributed by atoms with Gasteiger partial charge in [0.25, 0.3) is 11.9 Å². The van der Waals surface area contributed by atoms with Crippen LogP contribution in [-0.4, -0.2) is 42.0 Å². The van der Waals surface area contributed by atoms with Crippen LogP contribution in [0, 0.1) is 6.92 Å². The molecule has 3 aromatic rings. The predicted octanol–water partition coefficient (Wildman–Crippen LogP) is 2.15. The Hall–Kier alpha value is -2.80. The van der Waals surface area contributed by atoms with Gasteiger partial charge < -0.3 is 24.4 Å². The number of hydrogen-bond acceptors (Lipinski definition) is 6. The van der Waals surface area contributed by atoms with Crippen molar-refractivity contribution in [2.24, 2.45) is 5.73 Å². The van der Waals surface area contributed by atoms with Crippen molar-refractivity contribution in [1.82, 2.24) is 9.88 Å². The van der Waals surface area contributed by atoms with Gasteiger partial charge in [0.2, 0.25) is 0 Å². The first kappa shape index (κ1) is 15.7. The average molecular weight is 340 g/mol. The minimum Gasteiger partial charge on any atom is -0.467 e. The van der Waals surface area contributed by atoms with Gasteiger partial charge in [-0.3, -0.25) is 4.79 Å². The van der Waals surface area contributed by atoms with E-state index in [0.29, 0.717) is 43.5 Å². The molecule has 130 valence electrons. The predicted molar refractivity (Wildman–Crippen MR) is 93.5 cm³/mol. The smallest absolute Gasteiger partial charge is 0.298 e. The largest absolute Gasteiger partial charge is 0.467 e. The molecule has 1 saturated heterocycles. The van der Waals surface area contributed by atoms with E-state index in [4.69, 9.17) is 14.6 Å². The molecule has 1 aliphatic heterocycles. The fourth-order valence-corrected chi connectivity index (χ4v) is 3.04. The Morgan fingerprint density at radius 2 is 2.04 bits per heavy atom. The number of hydrogen-bond donors (Lipinski definition) is 1. The molecular formula is C18H20N4O3. The topological polar surface area (TPSA) is 88.7 Å². The van der Waals surface area contributed by atoms with E-state index in [1.54, 1.807) is 6.07 Å². The van der Waals surface area contributed by atoms with Crippen LogP contribution in [0.4, 0.5) is 6.01 Å². The normalized spacial score (nSPS) is 15.1. The highest BCUT2D eigenvalue weighted by atomic mass is 16.4. The summed E-state index contributed by atoms with van der Waals surface area (Å²) < 4.78 is 11.1. The van der Waals surface area contributed by atoms with Crippen molar-refractivity contribution in [2.45, 2.75) is 13.5 Å². The zero-order chi connectivity index (χ0) is 17.4. The van der Waals surface area contributed by atoms with Gasteiger partial charge in [0, 0.05) is 26.2 Å². The molecule has 3 heterocycles. The molecule has 0 bridgehead atoms. The number of nitrogens with two attached hydrogens (primary N) is 1. The molecule has 2 N–H and O–H groups in total. The second kappa shape index (κ2) is 6.25. The molecule has 0 atom stereocenters. The van der Waals surface area contributed by atoms with Crippen molar-refractivity contribution in [3.8, 4) is 0 Å². The Bertz CT molecular complexity index is 906. The number of aromatic nitrogens is 1. The van der Waals surface area contributed by atoms with E-state index < -0.39 is 0 Å². The van der Waals surface area contributed by atoms with Crippen molar-refractivity contribution < 1.29 is 13.6 Å². The number of nitrogens with zero attached hydrogens (tertiary/aromatic N) is 3. The third-order valence-electron chi connectivity index (χ3n) is 4.47. The van der Waals surface area contributed by atoms with Gasteiger partial charge >= 0.3 is 0 Å². The molecule has 7 nitrogen and oxygen atoms in total. The molecule has 1 aromatic carbocycles. The van der Waals surface area contributed by atoms with Gasteiger partial charge in [-0.25, -0.2) is 0 Å². The van der Waals surface area contributed by atoms with Crippen molar-refractivity contribution in [3.63, 3.8) is 0 Å². The number of piperazine rings is 1. The summed E-state index contributed by atoms with van der Waals surface area (Å²) in [6, 6.07) is 8.28. The van der Waals surface area contributed by atoms with Crippen LogP contribution >= 0.6 is 0 Å². The molecule has 2 aromatic heterocycles. The highest BCUT2D eigenvalue weighted by molar-refractivity contribution is 5.94. The van der Waals surface area contributed by atoms with Gasteiger partial charge in [0.05, 0.1) is 12.1 Å². The van der Waals surface area contributed by atoms with Crippen molar-refractivity contribution in [2.75, 3.05) is 31.1 Å². The highest BCUT2D eigenvalue weighted by Crippen LogP contribution is 2.24. The van der Waals surface area contributed by atoms with Crippen LogP contribution in [0.5, 0.6) is 0 Å². The standard InChI is InChI=1S/C18H20N4O3/c1-12-2-3-16-15(8-12)20-18(25-16)22-6-4-21(5-7-22)17(23)13-9-14(10-19)24-11-13/h2-3,8-9,11H,4-7,10,19H2,1H3. The zero-order valence-corrected chi connectivity index (χ0v) is 14.1. The van der Waals surface area contributed by atoms with E-state index in [0.717, 1.165) is 16.7 Å². The second-order valence-corrected chi connectivity index (χ2v) is 6.25. The summed E-state index contributed by atoms with van der Waals surface area (Å²) in [6.45, 7) is 4.90. The monoisotopic (exact) mass is 340 g/mol. The van der Waals surface area contributed by atoms with Gasteiger partial charge in [-0.15, -0.1) is 0 Å². The fourth-order valence-electron chi connectivity index (χ4n) is 3.04. The summed E-state index contributed by atoms with van der Waals surface area (Å²) in [6.07, 6.45) is 1.47. The Balaban J connectivity index is 1.44. The summed E-state index contributed by atoms with van der Waals surface area (Å²) in [7, 11) is 0. The average Bonchev–Trinajstić information content (AvgIpc) is 3.27. The number of anilines is 1. The minimum atomic E-state index is -0.0312. The van der Waals surface area contributed by atoms with Gasteiger partial charge in [-0.05, 0) is 30.7 Å². The lowest BCUT2D eigenvalue weighted by Gasteiger charge is -2.33. The number of fused-ring (bicyclic) bond motifs is 1. The minimum absolute atomic E-state index is 0.0312. The maximum atomic E-state index is 12.5. The molecule has 0 spiro atoms. The van der Waals surface area contributed by atoms with E-state index in [1.807, 2.05) is 30.0 Å². The lowest BCUT2D eigenvalue weighted by atomic mass is 10.2. The number of amides is 1. The summed E-state index contributed by atoms with van der Waals surface area (Å²) >= 11 is 0. The number of aryl methyl sites for hydroxylation is 1. The van der Waals surface area contributed by atoms with Crippen LogP contribution in [0.15, 0.2) is 39.4 Å². The number of oxazole rings is 1. The van der Waals surface area contributed by atoms with Crippen LogP contribution in [0.2, 0.25) is 0 Å². The van der Waals surface area contributed by atoms with Gasteiger partial charge in [-0.1, -0.05) is 6.07 Å². The van der Waals surface area contributed by atoms with Crippen LogP contribution in [0.1, 0.15) is 21.7 Å². The Labute approximate surface area is 145 Å². The lowest BCUT2D eigenvalue weighted by Crippen LogP contribution is -2.48. The molecule has 4 rings (SSSR count). The second-order valence-electron chi connectivity index (χ2n) is 6.25. The Morgan fingerprint density at radius 1 is 1.24 bits per heavy atom. The highest BCUT2D eigenvalue weighted by Gasteiger charge is 2.25. The van der Waals surface area contributed by atoms with Crippen molar-refractivity contribution in [1.29, 1.82) is 0 Å². The van der Waals surface area contributed by atoms with Gasteiger partial charge in [-0.2, -0.15) is 4.98 Å². The molecule has 0 saturated carbocycles. The molecule has 1 aliphatic rings. The van der Waals surface area contributed by atoms with E-state index in [1.165, 1.54) is 6.26 Å². The molecule has 7 heteroatoms. The molecule has 0 unspecified atom stereocenters. The quantitative estimate of drug-likeness (QED) is 0.786. The maximum absolute atomic E-state index is 12.5. The first-order valence-corrected chi connectivity index (χ1v) is 8.33. The molecule has 0 radical (unpaired) electrons. The van der Waals surface area contributed by atoms with E-state index >= 15 is 0 Å². The van der Waals surface area contributed by atoms with E-state index in [2.05, 4.69) is 9.88 Å². The van der Waals surface area contributed by atoms with Crippen molar-refractivity contribution in [3.05, 3.63) is 47.4 Å². The SMILES string of the molecule is Cc1ccc2oc(N3CCN(C(=O)c4coc(CN)c4)CC3)nc2c1. The number of carbonyl (C=O) groups excluding carboxylic acids is 1. The molecule has 25 heavy (non-hydrogen) atoms.